The van der Waals surface area contributed by atoms with Crippen molar-refractivity contribution >= 4 is 40.7 Å². The van der Waals surface area contributed by atoms with Crippen LogP contribution in [-0.2, 0) is 4.79 Å². The van der Waals surface area contributed by atoms with E-state index in [0.29, 0.717) is 21.6 Å². The number of carbonyl (C=O) groups excluding carboxylic acids is 1. The van der Waals surface area contributed by atoms with E-state index in [1.54, 1.807) is 47.1 Å². The highest BCUT2D eigenvalue weighted by Crippen LogP contribution is 2.18. The van der Waals surface area contributed by atoms with E-state index in [-0.39, 0.29) is 11.7 Å². The van der Waals surface area contributed by atoms with Crippen molar-refractivity contribution in [2.45, 2.75) is 5.16 Å². The Labute approximate surface area is 129 Å². The van der Waals surface area contributed by atoms with E-state index < -0.39 is 0 Å². The van der Waals surface area contributed by atoms with Gasteiger partial charge in [-0.15, -0.1) is 10.2 Å². The normalized spacial score (nSPS) is 10.7. The minimum Gasteiger partial charge on any atom is -0.325 e. The molecule has 3 aromatic rings. The van der Waals surface area contributed by atoms with Crippen molar-refractivity contribution in [1.82, 2.24) is 19.6 Å². The molecule has 1 aromatic carbocycles. The number of thioether (sulfide) groups is 1. The van der Waals surface area contributed by atoms with Crippen LogP contribution in [0.1, 0.15) is 0 Å². The quantitative estimate of drug-likeness (QED) is 0.748. The molecule has 0 saturated heterocycles. The largest absolute Gasteiger partial charge is 0.325 e. The zero-order valence-corrected chi connectivity index (χ0v) is 12.3. The molecule has 1 N–H and O–H groups in total. The smallest absolute Gasteiger partial charge is 0.255 e. The molecular formula is C13H10ClN5OS. The molecule has 2 heterocycles. The van der Waals surface area contributed by atoms with Crippen LogP contribution in [0.25, 0.3) is 5.78 Å². The molecule has 0 aliphatic carbocycles. The Kier molecular flexibility index (Phi) is 4.03. The molecule has 0 spiro atoms. The van der Waals surface area contributed by atoms with Gasteiger partial charge in [-0.05, 0) is 24.3 Å². The van der Waals surface area contributed by atoms with Crippen molar-refractivity contribution in [3.63, 3.8) is 0 Å². The number of nitrogens with zero attached hydrogens (tertiary/aromatic N) is 4. The molecule has 8 heteroatoms. The first-order valence-electron chi connectivity index (χ1n) is 6.06. The van der Waals surface area contributed by atoms with E-state index in [1.165, 1.54) is 11.8 Å². The van der Waals surface area contributed by atoms with Gasteiger partial charge in [0.2, 0.25) is 5.91 Å². The summed E-state index contributed by atoms with van der Waals surface area (Å²) in [6.45, 7) is 0. The third-order valence-electron chi connectivity index (χ3n) is 2.60. The van der Waals surface area contributed by atoms with Crippen LogP contribution >= 0.6 is 23.4 Å². The number of aromatic nitrogens is 4. The Bertz CT molecular complexity index is 791. The lowest BCUT2D eigenvalue weighted by atomic mass is 10.3. The molecule has 0 radical (unpaired) electrons. The molecule has 0 aliphatic heterocycles. The Hall–Kier alpha value is -2.12. The number of anilines is 1. The summed E-state index contributed by atoms with van der Waals surface area (Å²) >= 11 is 7.16. The van der Waals surface area contributed by atoms with Crippen LogP contribution in [0.2, 0.25) is 5.02 Å². The van der Waals surface area contributed by atoms with Gasteiger partial charge in [0.1, 0.15) is 0 Å². The molecule has 0 unspecified atom stereocenters. The molecule has 6 nitrogen and oxygen atoms in total. The number of hydrogen-bond acceptors (Lipinski definition) is 5. The van der Waals surface area contributed by atoms with Gasteiger partial charge in [-0.2, -0.15) is 0 Å². The molecule has 1 amide bonds. The third kappa shape index (κ3) is 3.32. The van der Waals surface area contributed by atoms with E-state index in [0.717, 1.165) is 0 Å². The fraction of sp³-hybridized carbons (Fsp3) is 0.0769. The second kappa shape index (κ2) is 6.11. The zero-order valence-electron chi connectivity index (χ0n) is 10.7. The average Bonchev–Trinajstić information content (AvgIpc) is 2.88. The first-order chi connectivity index (χ1) is 10.2. The van der Waals surface area contributed by atoms with Gasteiger partial charge in [-0.1, -0.05) is 29.4 Å². The predicted octanol–water partition coefficient (Wildman–Crippen LogP) is 2.51. The second-order valence-corrected chi connectivity index (χ2v) is 5.50. The van der Waals surface area contributed by atoms with Crippen LogP contribution in [0, 0.1) is 0 Å². The number of carbonyl (C=O) groups is 1. The summed E-state index contributed by atoms with van der Waals surface area (Å²) in [5, 5.41) is 11.9. The Morgan fingerprint density at radius 2 is 2.24 bits per heavy atom. The number of hydrogen-bond donors (Lipinski definition) is 1. The fourth-order valence-corrected chi connectivity index (χ4v) is 2.62. The molecule has 0 saturated carbocycles. The standard InChI is InChI=1S/C13H10ClN5OS/c14-9-3-1-4-10(7-9)16-11(20)8-21-13-18-17-12-15-5-2-6-19(12)13/h1-7H,8H2,(H,16,20). The monoisotopic (exact) mass is 319 g/mol. The van der Waals surface area contributed by atoms with E-state index in [4.69, 9.17) is 11.6 Å². The topological polar surface area (TPSA) is 72.2 Å². The zero-order chi connectivity index (χ0) is 14.7. The van der Waals surface area contributed by atoms with E-state index in [1.807, 2.05) is 0 Å². The molecule has 0 bridgehead atoms. The summed E-state index contributed by atoms with van der Waals surface area (Å²) < 4.78 is 1.73. The van der Waals surface area contributed by atoms with Crippen LogP contribution in [0.5, 0.6) is 0 Å². The molecule has 0 fully saturated rings. The Morgan fingerprint density at radius 3 is 3.10 bits per heavy atom. The van der Waals surface area contributed by atoms with Gasteiger partial charge < -0.3 is 5.32 Å². The van der Waals surface area contributed by atoms with Crippen LogP contribution in [-0.4, -0.2) is 31.2 Å². The summed E-state index contributed by atoms with van der Waals surface area (Å²) in [7, 11) is 0. The van der Waals surface area contributed by atoms with Crippen LogP contribution in [0.4, 0.5) is 5.69 Å². The summed E-state index contributed by atoms with van der Waals surface area (Å²) in [6, 6.07) is 8.79. The molecule has 3 rings (SSSR count). The summed E-state index contributed by atoms with van der Waals surface area (Å²) in [5.74, 6) is 0.598. The number of nitrogens with one attached hydrogen (secondary N) is 1. The van der Waals surface area contributed by atoms with Crippen molar-refractivity contribution in [3.8, 4) is 0 Å². The van der Waals surface area contributed by atoms with Gasteiger partial charge >= 0.3 is 0 Å². The van der Waals surface area contributed by atoms with Gasteiger partial charge in [-0.25, -0.2) is 4.98 Å². The van der Waals surface area contributed by atoms with Crippen LogP contribution in [0.15, 0.2) is 47.9 Å². The second-order valence-electron chi connectivity index (χ2n) is 4.12. The highest BCUT2D eigenvalue weighted by Gasteiger charge is 2.09. The first-order valence-corrected chi connectivity index (χ1v) is 7.43. The van der Waals surface area contributed by atoms with Crippen LogP contribution in [0.3, 0.4) is 0 Å². The molecule has 21 heavy (non-hydrogen) atoms. The highest BCUT2D eigenvalue weighted by atomic mass is 35.5. The molecular weight excluding hydrogens is 310 g/mol. The lowest BCUT2D eigenvalue weighted by molar-refractivity contribution is -0.113. The minimum absolute atomic E-state index is 0.136. The number of benzene rings is 1. The van der Waals surface area contributed by atoms with Gasteiger partial charge in [-0.3, -0.25) is 9.20 Å². The summed E-state index contributed by atoms with van der Waals surface area (Å²) in [4.78, 5) is 16.0. The minimum atomic E-state index is -0.136. The molecule has 0 atom stereocenters. The van der Waals surface area contributed by atoms with E-state index >= 15 is 0 Å². The predicted molar refractivity (Wildman–Crippen MR) is 81.6 cm³/mol. The van der Waals surface area contributed by atoms with Gasteiger partial charge in [0, 0.05) is 23.1 Å². The maximum atomic E-state index is 11.9. The Morgan fingerprint density at radius 1 is 1.33 bits per heavy atom. The van der Waals surface area contributed by atoms with Crippen molar-refractivity contribution in [2.75, 3.05) is 11.1 Å². The number of fused-ring (bicyclic) bond motifs is 1. The lowest BCUT2D eigenvalue weighted by Gasteiger charge is -2.04. The van der Waals surface area contributed by atoms with E-state index in [2.05, 4.69) is 20.5 Å². The van der Waals surface area contributed by atoms with Crippen molar-refractivity contribution in [3.05, 3.63) is 47.7 Å². The lowest BCUT2D eigenvalue weighted by Crippen LogP contribution is -2.14. The van der Waals surface area contributed by atoms with E-state index in [9.17, 15) is 4.79 Å². The van der Waals surface area contributed by atoms with Gasteiger partial charge in [0.25, 0.3) is 5.78 Å². The average molecular weight is 320 g/mol. The SMILES string of the molecule is O=C(CSc1nnc2ncccn12)Nc1cccc(Cl)c1. The highest BCUT2D eigenvalue weighted by molar-refractivity contribution is 7.99. The third-order valence-corrected chi connectivity index (χ3v) is 3.78. The van der Waals surface area contributed by atoms with Gasteiger partial charge in [0.05, 0.1) is 5.75 Å². The van der Waals surface area contributed by atoms with Gasteiger partial charge in [0.15, 0.2) is 5.16 Å². The van der Waals surface area contributed by atoms with Crippen molar-refractivity contribution < 1.29 is 4.79 Å². The summed E-state index contributed by atoms with van der Waals surface area (Å²) in [6.07, 6.45) is 3.45. The van der Waals surface area contributed by atoms with Crippen LogP contribution < -0.4 is 5.32 Å². The van der Waals surface area contributed by atoms with Crippen molar-refractivity contribution in [2.24, 2.45) is 0 Å². The fourth-order valence-electron chi connectivity index (χ4n) is 1.71. The number of halogens is 1. The van der Waals surface area contributed by atoms with Crippen molar-refractivity contribution in [1.29, 1.82) is 0 Å². The molecule has 0 aliphatic rings. The maximum absolute atomic E-state index is 11.9. The molecule has 2 aromatic heterocycles. The summed E-state index contributed by atoms with van der Waals surface area (Å²) in [5.41, 5.74) is 0.667. The number of rotatable bonds is 4. The maximum Gasteiger partial charge on any atom is 0.255 e. The first kappa shape index (κ1) is 13.8. The number of amides is 1. The molecule has 106 valence electrons. The Balaban J connectivity index is 1.63.